The lowest BCUT2D eigenvalue weighted by atomic mass is 10.3. The van der Waals surface area contributed by atoms with Crippen molar-refractivity contribution in [3.05, 3.63) is 66.2 Å². The summed E-state index contributed by atoms with van der Waals surface area (Å²) in [4.78, 5) is 2.26. The molecule has 0 aliphatic carbocycles. The fourth-order valence-electron chi connectivity index (χ4n) is 3.38. The van der Waals surface area contributed by atoms with E-state index in [-0.39, 0.29) is 4.90 Å². The zero-order valence-electron chi connectivity index (χ0n) is 15.7. The fraction of sp³-hybridized carbons (Fsp3) is 0.316. The fourth-order valence-corrected chi connectivity index (χ4v) is 4.85. The summed E-state index contributed by atoms with van der Waals surface area (Å²) in [6.45, 7) is 2.58. The van der Waals surface area contributed by atoms with Crippen LogP contribution >= 0.6 is 0 Å². The van der Waals surface area contributed by atoms with Crippen LogP contribution in [0.3, 0.4) is 0 Å². The summed E-state index contributed by atoms with van der Waals surface area (Å²) in [5.41, 5.74) is 0.878. The topological polar surface area (TPSA) is 84.2 Å². The van der Waals surface area contributed by atoms with Gasteiger partial charge in [-0.05, 0) is 59.8 Å². The Kier molecular flexibility index (Phi) is 5.65. The number of para-hydroxylation sites is 1. The number of nitrogens with zero attached hydrogens (tertiary/aromatic N) is 6. The number of rotatable bonds is 5. The van der Waals surface area contributed by atoms with Crippen LogP contribution in [0.1, 0.15) is 12.2 Å². The highest BCUT2D eigenvalue weighted by atomic mass is 32.2. The second-order valence-electron chi connectivity index (χ2n) is 6.83. The molecule has 2 aromatic carbocycles. The molecule has 1 aliphatic rings. The molecule has 0 spiro atoms. The molecule has 0 radical (unpaired) electrons. The van der Waals surface area contributed by atoms with Crippen molar-refractivity contribution in [2.75, 3.05) is 26.2 Å². The number of benzene rings is 2. The third-order valence-electron chi connectivity index (χ3n) is 4.90. The Bertz CT molecular complexity index is 1060. The highest BCUT2D eigenvalue weighted by molar-refractivity contribution is 7.89. The Morgan fingerprint density at radius 3 is 2.45 bits per heavy atom. The van der Waals surface area contributed by atoms with Crippen LogP contribution in [0.25, 0.3) is 5.69 Å². The van der Waals surface area contributed by atoms with Crippen LogP contribution in [0.2, 0.25) is 0 Å². The number of hydrogen-bond donors (Lipinski definition) is 0. The first-order valence-corrected chi connectivity index (χ1v) is 10.8. The van der Waals surface area contributed by atoms with Crippen molar-refractivity contribution in [2.45, 2.75) is 17.9 Å². The van der Waals surface area contributed by atoms with Crippen molar-refractivity contribution in [1.29, 1.82) is 0 Å². The first-order chi connectivity index (χ1) is 14.0. The van der Waals surface area contributed by atoms with Crippen molar-refractivity contribution in [2.24, 2.45) is 0 Å². The summed E-state index contributed by atoms with van der Waals surface area (Å²) in [6, 6.07) is 14.6. The van der Waals surface area contributed by atoms with Gasteiger partial charge >= 0.3 is 0 Å². The predicted molar refractivity (Wildman–Crippen MR) is 104 cm³/mol. The molecule has 10 heteroatoms. The van der Waals surface area contributed by atoms with Crippen molar-refractivity contribution in [3.8, 4) is 5.69 Å². The Morgan fingerprint density at radius 2 is 1.69 bits per heavy atom. The van der Waals surface area contributed by atoms with E-state index < -0.39 is 15.8 Å². The average Bonchev–Trinajstić information content (AvgIpc) is 3.05. The Labute approximate surface area is 168 Å². The molecule has 0 unspecified atom stereocenters. The molecule has 152 valence electrons. The van der Waals surface area contributed by atoms with E-state index in [0.29, 0.717) is 38.4 Å². The molecule has 0 bridgehead atoms. The predicted octanol–water partition coefficient (Wildman–Crippen LogP) is 1.70. The lowest BCUT2D eigenvalue weighted by molar-refractivity contribution is 0.269. The third-order valence-corrected chi connectivity index (χ3v) is 6.81. The highest BCUT2D eigenvalue weighted by Crippen LogP contribution is 2.19. The lowest BCUT2D eigenvalue weighted by Gasteiger charge is -2.21. The molecular weight excluding hydrogens is 395 g/mol. The Balaban J connectivity index is 1.45. The summed E-state index contributed by atoms with van der Waals surface area (Å²) < 4.78 is 42.0. The molecule has 0 N–H and O–H groups in total. The SMILES string of the molecule is O=S(=O)(c1ccc(F)cc1)N1CCCN(Cc2nnnn2-c2ccccc2)CC1. The number of aromatic nitrogens is 4. The zero-order chi connectivity index (χ0) is 20.3. The third kappa shape index (κ3) is 4.34. The maximum absolute atomic E-state index is 13.1. The normalized spacial score (nSPS) is 16.6. The van der Waals surface area contributed by atoms with Crippen LogP contribution < -0.4 is 0 Å². The van der Waals surface area contributed by atoms with Gasteiger partial charge in [0.2, 0.25) is 10.0 Å². The molecule has 0 amide bonds. The quantitative estimate of drug-likeness (QED) is 0.630. The number of halogens is 1. The van der Waals surface area contributed by atoms with Gasteiger partial charge in [-0.15, -0.1) is 5.10 Å². The number of hydrogen-bond acceptors (Lipinski definition) is 6. The number of sulfonamides is 1. The summed E-state index contributed by atoms with van der Waals surface area (Å²) in [6.07, 6.45) is 0.688. The van der Waals surface area contributed by atoms with Gasteiger partial charge in [0, 0.05) is 19.6 Å². The summed E-state index contributed by atoms with van der Waals surface area (Å²) >= 11 is 0. The van der Waals surface area contributed by atoms with Crippen LogP contribution in [0, 0.1) is 5.82 Å². The summed E-state index contributed by atoms with van der Waals surface area (Å²) in [7, 11) is -3.64. The van der Waals surface area contributed by atoms with Gasteiger partial charge in [-0.2, -0.15) is 8.99 Å². The molecule has 4 rings (SSSR count). The molecule has 3 aromatic rings. The van der Waals surface area contributed by atoms with Crippen molar-refractivity contribution in [1.82, 2.24) is 29.4 Å². The molecule has 1 aromatic heterocycles. The molecule has 1 fully saturated rings. The smallest absolute Gasteiger partial charge is 0.243 e. The minimum Gasteiger partial charge on any atom is -0.295 e. The first kappa shape index (κ1) is 19.6. The van der Waals surface area contributed by atoms with Crippen LogP contribution in [0.15, 0.2) is 59.5 Å². The van der Waals surface area contributed by atoms with Gasteiger partial charge in [0.15, 0.2) is 5.82 Å². The minimum atomic E-state index is -3.64. The zero-order valence-corrected chi connectivity index (χ0v) is 16.5. The van der Waals surface area contributed by atoms with Crippen LogP contribution in [-0.2, 0) is 16.6 Å². The second kappa shape index (κ2) is 8.36. The van der Waals surface area contributed by atoms with Crippen molar-refractivity contribution in [3.63, 3.8) is 0 Å². The van der Waals surface area contributed by atoms with Crippen LogP contribution in [0.4, 0.5) is 4.39 Å². The minimum absolute atomic E-state index is 0.111. The van der Waals surface area contributed by atoms with Crippen LogP contribution in [0.5, 0.6) is 0 Å². The molecular formula is C19H21FN6O2S. The van der Waals surface area contributed by atoms with Gasteiger partial charge < -0.3 is 0 Å². The maximum Gasteiger partial charge on any atom is 0.243 e. The molecule has 8 nitrogen and oxygen atoms in total. The average molecular weight is 416 g/mol. The van der Waals surface area contributed by atoms with Gasteiger partial charge in [-0.1, -0.05) is 18.2 Å². The molecule has 0 atom stereocenters. The van der Waals surface area contributed by atoms with Crippen LogP contribution in [-0.4, -0.2) is 64.0 Å². The van der Waals surface area contributed by atoms with E-state index in [0.717, 1.165) is 12.2 Å². The van der Waals surface area contributed by atoms with Gasteiger partial charge in [0.1, 0.15) is 5.82 Å². The first-order valence-electron chi connectivity index (χ1n) is 9.35. The van der Waals surface area contributed by atoms with Crippen molar-refractivity contribution >= 4 is 10.0 Å². The van der Waals surface area contributed by atoms with Gasteiger partial charge in [-0.3, -0.25) is 4.90 Å². The van der Waals surface area contributed by atoms with E-state index >= 15 is 0 Å². The molecule has 2 heterocycles. The van der Waals surface area contributed by atoms with Gasteiger partial charge in [0.05, 0.1) is 17.1 Å². The Morgan fingerprint density at radius 1 is 0.931 bits per heavy atom. The lowest BCUT2D eigenvalue weighted by Crippen LogP contribution is -2.35. The maximum atomic E-state index is 13.1. The van der Waals surface area contributed by atoms with E-state index in [4.69, 9.17) is 0 Å². The van der Waals surface area contributed by atoms with E-state index in [1.807, 2.05) is 30.3 Å². The molecule has 29 heavy (non-hydrogen) atoms. The highest BCUT2D eigenvalue weighted by Gasteiger charge is 2.27. The van der Waals surface area contributed by atoms with E-state index in [1.165, 1.54) is 28.6 Å². The largest absolute Gasteiger partial charge is 0.295 e. The molecule has 0 saturated carbocycles. The molecule has 1 aliphatic heterocycles. The Hall–Kier alpha value is -2.69. The van der Waals surface area contributed by atoms with E-state index in [1.54, 1.807) is 4.68 Å². The molecule has 1 saturated heterocycles. The second-order valence-corrected chi connectivity index (χ2v) is 8.77. The summed E-state index contributed by atoms with van der Waals surface area (Å²) in [5, 5.41) is 12.0. The summed E-state index contributed by atoms with van der Waals surface area (Å²) in [5.74, 6) is 0.244. The van der Waals surface area contributed by atoms with E-state index in [9.17, 15) is 12.8 Å². The number of tetrazole rings is 1. The van der Waals surface area contributed by atoms with Crippen molar-refractivity contribution < 1.29 is 12.8 Å². The standard InChI is InChI=1S/C19H21FN6O2S/c20-16-7-9-18(10-8-16)29(27,28)25-12-4-11-24(13-14-25)15-19-21-22-23-26(19)17-5-2-1-3-6-17/h1-3,5-10H,4,11-15H2. The van der Waals surface area contributed by atoms with E-state index in [2.05, 4.69) is 20.4 Å². The monoisotopic (exact) mass is 416 g/mol. The van der Waals surface area contributed by atoms with Gasteiger partial charge in [0.25, 0.3) is 0 Å². The van der Waals surface area contributed by atoms with Gasteiger partial charge in [-0.25, -0.2) is 12.8 Å².